The van der Waals surface area contributed by atoms with Gasteiger partial charge in [0, 0.05) is 13.7 Å². The Morgan fingerprint density at radius 1 is 1.16 bits per heavy atom. The summed E-state index contributed by atoms with van der Waals surface area (Å²) in [5.41, 5.74) is 0. The van der Waals surface area contributed by atoms with Gasteiger partial charge in [-0.3, -0.25) is 0 Å². The summed E-state index contributed by atoms with van der Waals surface area (Å²) in [6.07, 6.45) is 0.879. The first-order valence-electron chi connectivity index (χ1n) is 6.37. The topological polar surface area (TPSA) is 39.7 Å². The van der Waals surface area contributed by atoms with Gasteiger partial charge in [0.15, 0.2) is 11.5 Å². The molecule has 1 aromatic carbocycles. The van der Waals surface area contributed by atoms with Gasteiger partial charge in [0.05, 0.1) is 19.1 Å². The average Bonchev–Trinajstić information content (AvgIpc) is 2.43. The number of ether oxygens (including phenoxy) is 3. The molecule has 0 fully saturated rings. The molecule has 1 N–H and O–H groups in total. The lowest BCUT2D eigenvalue weighted by atomic mass is 10.3. The first kappa shape index (κ1) is 16.1. The van der Waals surface area contributed by atoms with E-state index >= 15 is 0 Å². The molecule has 4 nitrogen and oxygen atoms in total. The highest BCUT2D eigenvalue weighted by molar-refractivity contribution is 6.20. The maximum Gasteiger partial charge on any atom is 0.161 e. The van der Waals surface area contributed by atoms with Crippen LogP contribution in [0.1, 0.15) is 6.42 Å². The first-order valence-corrected chi connectivity index (χ1v) is 6.81. The van der Waals surface area contributed by atoms with E-state index in [1.165, 1.54) is 0 Å². The lowest BCUT2D eigenvalue weighted by Gasteiger charge is -2.11. The van der Waals surface area contributed by atoms with Crippen LogP contribution in [0.2, 0.25) is 0 Å². The second-order valence-corrected chi connectivity index (χ2v) is 4.71. The SMILES string of the molecule is COCC(Cl)CCNCCOc1ccccc1OC. The molecule has 19 heavy (non-hydrogen) atoms. The Bertz CT molecular complexity index is 349. The van der Waals surface area contributed by atoms with Gasteiger partial charge in [0.25, 0.3) is 0 Å². The van der Waals surface area contributed by atoms with E-state index in [1.807, 2.05) is 24.3 Å². The van der Waals surface area contributed by atoms with Crippen LogP contribution in [-0.4, -0.2) is 45.9 Å². The summed E-state index contributed by atoms with van der Waals surface area (Å²) in [5.74, 6) is 1.52. The van der Waals surface area contributed by atoms with Gasteiger partial charge in [-0.15, -0.1) is 11.6 Å². The van der Waals surface area contributed by atoms with Crippen LogP contribution in [0.25, 0.3) is 0 Å². The second-order valence-electron chi connectivity index (χ2n) is 4.09. The Hall–Kier alpha value is -0.970. The van der Waals surface area contributed by atoms with Gasteiger partial charge < -0.3 is 19.5 Å². The van der Waals surface area contributed by atoms with Crippen LogP contribution in [0.15, 0.2) is 24.3 Å². The highest BCUT2D eigenvalue weighted by atomic mass is 35.5. The van der Waals surface area contributed by atoms with E-state index in [4.69, 9.17) is 25.8 Å². The Morgan fingerprint density at radius 3 is 2.58 bits per heavy atom. The zero-order chi connectivity index (χ0) is 13.9. The number of hydrogen-bond acceptors (Lipinski definition) is 4. The molecular weight excluding hydrogens is 266 g/mol. The van der Waals surface area contributed by atoms with E-state index in [9.17, 15) is 0 Å². The molecule has 0 radical (unpaired) electrons. The number of para-hydroxylation sites is 2. The standard InChI is InChI=1S/C14H22ClNO3/c1-17-11-12(15)7-8-16-9-10-19-14-6-4-3-5-13(14)18-2/h3-6,12,16H,7-11H2,1-2H3. The Balaban J connectivity index is 2.10. The number of nitrogens with one attached hydrogen (secondary N) is 1. The molecule has 0 aromatic heterocycles. The predicted octanol–water partition coefficient (Wildman–Crippen LogP) is 2.31. The predicted molar refractivity (Wildman–Crippen MR) is 77.5 cm³/mol. The van der Waals surface area contributed by atoms with Gasteiger partial charge in [-0.05, 0) is 25.1 Å². The lowest BCUT2D eigenvalue weighted by molar-refractivity contribution is 0.195. The first-order chi connectivity index (χ1) is 9.27. The van der Waals surface area contributed by atoms with Gasteiger partial charge in [0.2, 0.25) is 0 Å². The summed E-state index contributed by atoms with van der Waals surface area (Å²) >= 11 is 6.02. The number of benzene rings is 1. The molecule has 0 spiro atoms. The molecule has 0 bridgehead atoms. The quantitative estimate of drug-likeness (QED) is 0.529. The summed E-state index contributed by atoms with van der Waals surface area (Å²) in [6, 6.07) is 7.62. The molecule has 0 saturated heterocycles. The van der Waals surface area contributed by atoms with Crippen molar-refractivity contribution in [1.29, 1.82) is 0 Å². The van der Waals surface area contributed by atoms with Gasteiger partial charge in [-0.1, -0.05) is 12.1 Å². The van der Waals surface area contributed by atoms with Crippen LogP contribution in [-0.2, 0) is 4.74 Å². The molecular formula is C14H22ClNO3. The van der Waals surface area contributed by atoms with E-state index in [-0.39, 0.29) is 5.38 Å². The fourth-order valence-corrected chi connectivity index (χ4v) is 1.85. The molecule has 1 aromatic rings. The van der Waals surface area contributed by atoms with Crippen LogP contribution in [0.3, 0.4) is 0 Å². The van der Waals surface area contributed by atoms with Crippen molar-refractivity contribution in [3.05, 3.63) is 24.3 Å². The van der Waals surface area contributed by atoms with Gasteiger partial charge in [0.1, 0.15) is 6.61 Å². The summed E-state index contributed by atoms with van der Waals surface area (Å²) < 4.78 is 15.8. The molecule has 0 aliphatic carbocycles. The van der Waals surface area contributed by atoms with Crippen molar-refractivity contribution in [3.8, 4) is 11.5 Å². The molecule has 0 saturated carbocycles. The number of alkyl halides is 1. The van der Waals surface area contributed by atoms with Crippen molar-refractivity contribution in [1.82, 2.24) is 5.32 Å². The Morgan fingerprint density at radius 2 is 1.89 bits per heavy atom. The summed E-state index contributed by atoms with van der Waals surface area (Å²) in [6.45, 7) is 2.81. The molecule has 1 unspecified atom stereocenters. The minimum atomic E-state index is 0.0626. The lowest BCUT2D eigenvalue weighted by Crippen LogP contribution is -2.25. The van der Waals surface area contributed by atoms with E-state index in [1.54, 1.807) is 14.2 Å². The highest BCUT2D eigenvalue weighted by Gasteiger charge is 2.03. The zero-order valence-corrected chi connectivity index (χ0v) is 12.3. The Kier molecular flexibility index (Phi) is 8.38. The van der Waals surface area contributed by atoms with Crippen LogP contribution < -0.4 is 14.8 Å². The normalized spacial score (nSPS) is 12.2. The molecule has 0 aliphatic rings. The fourth-order valence-electron chi connectivity index (χ4n) is 1.62. The third-order valence-corrected chi connectivity index (χ3v) is 2.93. The minimum Gasteiger partial charge on any atom is -0.493 e. The fraction of sp³-hybridized carbons (Fsp3) is 0.571. The minimum absolute atomic E-state index is 0.0626. The van der Waals surface area contributed by atoms with Crippen molar-refractivity contribution in [2.45, 2.75) is 11.8 Å². The van der Waals surface area contributed by atoms with E-state index < -0.39 is 0 Å². The van der Waals surface area contributed by atoms with E-state index in [2.05, 4.69) is 5.32 Å². The number of hydrogen-bond donors (Lipinski definition) is 1. The molecule has 0 aliphatic heterocycles. The number of methoxy groups -OCH3 is 2. The van der Waals surface area contributed by atoms with Gasteiger partial charge in [-0.25, -0.2) is 0 Å². The maximum atomic E-state index is 6.02. The van der Waals surface area contributed by atoms with Gasteiger partial charge >= 0.3 is 0 Å². The molecule has 1 rings (SSSR count). The van der Waals surface area contributed by atoms with Crippen molar-refractivity contribution < 1.29 is 14.2 Å². The van der Waals surface area contributed by atoms with Crippen molar-refractivity contribution in [2.75, 3.05) is 40.5 Å². The molecule has 108 valence electrons. The molecule has 0 amide bonds. The molecule has 0 heterocycles. The second kappa shape index (κ2) is 9.89. The zero-order valence-electron chi connectivity index (χ0n) is 11.5. The van der Waals surface area contributed by atoms with Crippen molar-refractivity contribution in [3.63, 3.8) is 0 Å². The summed E-state index contributed by atoms with van der Waals surface area (Å²) in [4.78, 5) is 0. The van der Waals surface area contributed by atoms with Crippen LogP contribution >= 0.6 is 11.6 Å². The third-order valence-electron chi connectivity index (χ3n) is 2.59. The molecule has 1 atom stereocenters. The summed E-state index contributed by atoms with van der Waals surface area (Å²) in [7, 11) is 3.29. The Labute approximate surface area is 120 Å². The van der Waals surface area contributed by atoms with Crippen LogP contribution in [0.4, 0.5) is 0 Å². The highest BCUT2D eigenvalue weighted by Crippen LogP contribution is 2.25. The van der Waals surface area contributed by atoms with E-state index in [0.29, 0.717) is 13.2 Å². The van der Waals surface area contributed by atoms with Crippen LogP contribution in [0, 0.1) is 0 Å². The largest absolute Gasteiger partial charge is 0.493 e. The van der Waals surface area contributed by atoms with Gasteiger partial charge in [-0.2, -0.15) is 0 Å². The van der Waals surface area contributed by atoms with Crippen molar-refractivity contribution >= 4 is 11.6 Å². The number of halogens is 1. The maximum absolute atomic E-state index is 6.02. The van der Waals surface area contributed by atoms with E-state index in [0.717, 1.165) is 31.0 Å². The third kappa shape index (κ3) is 6.66. The smallest absolute Gasteiger partial charge is 0.161 e. The van der Waals surface area contributed by atoms with Crippen molar-refractivity contribution in [2.24, 2.45) is 0 Å². The number of rotatable bonds is 10. The monoisotopic (exact) mass is 287 g/mol. The summed E-state index contributed by atoms with van der Waals surface area (Å²) in [5, 5.41) is 3.34. The van der Waals surface area contributed by atoms with Crippen LogP contribution in [0.5, 0.6) is 11.5 Å². The average molecular weight is 288 g/mol. The molecule has 5 heteroatoms.